The van der Waals surface area contributed by atoms with E-state index in [1.165, 1.54) is 0 Å². The first kappa shape index (κ1) is 17.2. The molecule has 2 heterocycles. The number of aliphatic imine (C=N–C) groups is 1. The first-order valence-corrected chi connectivity index (χ1v) is 8.98. The molecule has 0 saturated heterocycles. The monoisotopic (exact) mass is 376 g/mol. The lowest BCUT2D eigenvalue weighted by Gasteiger charge is -2.10. The molecule has 1 N–H and O–H groups in total. The van der Waals surface area contributed by atoms with Gasteiger partial charge in [-0.2, -0.15) is 5.10 Å². The van der Waals surface area contributed by atoms with E-state index >= 15 is 0 Å². The Kier molecular flexibility index (Phi) is 4.85. The molecule has 1 aromatic heterocycles. The summed E-state index contributed by atoms with van der Waals surface area (Å²) >= 11 is 6.05. The van der Waals surface area contributed by atoms with E-state index in [1.54, 1.807) is 12.4 Å². The molecule has 3 aromatic rings. The van der Waals surface area contributed by atoms with Crippen molar-refractivity contribution in [1.29, 1.82) is 0 Å². The second-order valence-electron chi connectivity index (χ2n) is 5.89. The fourth-order valence-corrected chi connectivity index (χ4v) is 2.96. The molecule has 0 atom stereocenters. The van der Waals surface area contributed by atoms with Crippen molar-refractivity contribution in [2.45, 2.75) is 6.92 Å². The molecule has 2 aromatic carbocycles. The minimum Gasteiger partial charge on any atom is -0.494 e. The van der Waals surface area contributed by atoms with Crippen LogP contribution in [0.2, 0.25) is 5.02 Å². The maximum atomic E-state index is 6.05. The topological polar surface area (TPSA) is 58.9 Å². The van der Waals surface area contributed by atoms with Crippen molar-refractivity contribution < 1.29 is 4.74 Å². The average Bonchev–Trinajstić information content (AvgIpc) is 2.89. The highest BCUT2D eigenvalue weighted by Gasteiger charge is 2.18. The predicted octanol–water partition coefficient (Wildman–Crippen LogP) is 4.57. The summed E-state index contributed by atoms with van der Waals surface area (Å²) in [5.74, 6) is 1.41. The van der Waals surface area contributed by atoms with Crippen molar-refractivity contribution in [1.82, 2.24) is 10.4 Å². The first-order valence-electron chi connectivity index (χ1n) is 8.60. The van der Waals surface area contributed by atoms with E-state index in [4.69, 9.17) is 21.3 Å². The highest BCUT2D eigenvalue weighted by Crippen LogP contribution is 2.30. The third kappa shape index (κ3) is 3.68. The Hall–Kier alpha value is -3.18. The van der Waals surface area contributed by atoms with Crippen LogP contribution < -0.4 is 10.2 Å². The van der Waals surface area contributed by atoms with Gasteiger partial charge in [0.15, 0.2) is 5.84 Å². The molecule has 0 saturated carbocycles. The van der Waals surface area contributed by atoms with Crippen LogP contribution in [0, 0.1) is 0 Å². The van der Waals surface area contributed by atoms with E-state index < -0.39 is 0 Å². The van der Waals surface area contributed by atoms with Gasteiger partial charge in [0, 0.05) is 34.1 Å². The Morgan fingerprint density at radius 3 is 2.63 bits per heavy atom. The van der Waals surface area contributed by atoms with Crippen LogP contribution in [0.1, 0.15) is 23.6 Å². The smallest absolute Gasteiger partial charge is 0.155 e. The van der Waals surface area contributed by atoms with Gasteiger partial charge < -0.3 is 4.74 Å². The van der Waals surface area contributed by atoms with Crippen LogP contribution in [0.5, 0.6) is 5.75 Å². The number of aromatic nitrogens is 1. The lowest BCUT2D eigenvalue weighted by atomic mass is 10.0. The maximum Gasteiger partial charge on any atom is 0.155 e. The summed E-state index contributed by atoms with van der Waals surface area (Å²) in [5.41, 5.74) is 7.33. The van der Waals surface area contributed by atoms with Gasteiger partial charge in [0.05, 0.1) is 12.3 Å². The van der Waals surface area contributed by atoms with Crippen molar-refractivity contribution in [2.24, 2.45) is 10.1 Å². The van der Waals surface area contributed by atoms with Crippen LogP contribution in [0.3, 0.4) is 0 Å². The molecule has 134 valence electrons. The number of hydrazone groups is 1. The molecule has 1 aliphatic rings. The van der Waals surface area contributed by atoms with Gasteiger partial charge in [-0.25, -0.2) is 4.99 Å². The molecule has 0 unspecified atom stereocenters. The lowest BCUT2D eigenvalue weighted by Crippen LogP contribution is -2.19. The van der Waals surface area contributed by atoms with E-state index in [2.05, 4.69) is 15.5 Å². The van der Waals surface area contributed by atoms with E-state index in [0.717, 1.165) is 33.8 Å². The van der Waals surface area contributed by atoms with Crippen molar-refractivity contribution in [3.8, 4) is 5.75 Å². The van der Waals surface area contributed by atoms with E-state index in [0.29, 0.717) is 17.5 Å². The number of amidine groups is 1. The molecule has 5 nitrogen and oxygen atoms in total. The van der Waals surface area contributed by atoms with Gasteiger partial charge in [0.25, 0.3) is 0 Å². The Labute approximate surface area is 162 Å². The van der Waals surface area contributed by atoms with Crippen LogP contribution in [-0.4, -0.2) is 23.1 Å². The third-order valence-electron chi connectivity index (χ3n) is 4.09. The summed E-state index contributed by atoms with van der Waals surface area (Å²) in [5, 5.41) is 5.31. The van der Waals surface area contributed by atoms with Crippen molar-refractivity contribution in [3.05, 3.63) is 88.7 Å². The summed E-state index contributed by atoms with van der Waals surface area (Å²) in [7, 11) is 0. The number of fused-ring (bicyclic) bond motifs is 1. The fraction of sp³-hybridized carbons (Fsp3) is 0.0952. The average molecular weight is 377 g/mol. The zero-order valence-electron chi connectivity index (χ0n) is 14.7. The summed E-state index contributed by atoms with van der Waals surface area (Å²) in [6.45, 7) is 2.55. The minimum absolute atomic E-state index is 0.592. The maximum absolute atomic E-state index is 6.05. The normalized spacial score (nSPS) is 13.0. The van der Waals surface area contributed by atoms with Crippen LogP contribution in [0.4, 0.5) is 5.69 Å². The molecular formula is C21H17ClN4O. The molecule has 0 radical (unpaired) electrons. The van der Waals surface area contributed by atoms with Gasteiger partial charge in [-0.3, -0.25) is 10.4 Å². The highest BCUT2D eigenvalue weighted by molar-refractivity contribution is 6.30. The van der Waals surface area contributed by atoms with Gasteiger partial charge >= 0.3 is 0 Å². The molecule has 4 rings (SSSR count). The third-order valence-corrected chi connectivity index (χ3v) is 4.34. The summed E-state index contributed by atoms with van der Waals surface area (Å²) in [6, 6.07) is 17.2. The second kappa shape index (κ2) is 7.60. The van der Waals surface area contributed by atoms with Gasteiger partial charge in [-0.1, -0.05) is 23.7 Å². The molecule has 0 spiro atoms. The number of hydrogen-bond donors (Lipinski definition) is 1. The summed E-state index contributed by atoms with van der Waals surface area (Å²) in [4.78, 5) is 8.94. The molecule has 27 heavy (non-hydrogen) atoms. The number of nitrogens with one attached hydrogen (secondary N) is 1. The Balaban J connectivity index is 1.86. The van der Waals surface area contributed by atoms with Crippen LogP contribution >= 0.6 is 11.6 Å². The van der Waals surface area contributed by atoms with Gasteiger partial charge in [-0.05, 0) is 49.4 Å². The second-order valence-corrected chi connectivity index (χ2v) is 6.33. The summed E-state index contributed by atoms with van der Waals surface area (Å²) in [6.07, 6.45) is 3.48. The van der Waals surface area contributed by atoms with Crippen LogP contribution in [0.25, 0.3) is 0 Å². The number of ether oxygens (including phenoxy) is 1. The quantitative estimate of drug-likeness (QED) is 0.725. The molecule has 1 aliphatic heterocycles. The number of rotatable bonds is 4. The Morgan fingerprint density at radius 1 is 1.04 bits per heavy atom. The van der Waals surface area contributed by atoms with E-state index in [1.807, 2.05) is 61.5 Å². The Morgan fingerprint density at radius 2 is 1.89 bits per heavy atom. The largest absolute Gasteiger partial charge is 0.494 e. The van der Waals surface area contributed by atoms with Gasteiger partial charge in [0.2, 0.25) is 0 Å². The molecule has 0 amide bonds. The number of benzene rings is 2. The Bertz CT molecular complexity index is 1010. The van der Waals surface area contributed by atoms with Crippen molar-refractivity contribution >= 4 is 28.8 Å². The number of pyridine rings is 1. The molecule has 0 fully saturated rings. The van der Waals surface area contributed by atoms with Gasteiger partial charge in [-0.15, -0.1) is 0 Å². The lowest BCUT2D eigenvalue weighted by molar-refractivity contribution is 0.340. The molecule has 0 bridgehead atoms. The zero-order chi connectivity index (χ0) is 18.6. The van der Waals surface area contributed by atoms with Crippen LogP contribution in [0.15, 0.2) is 77.1 Å². The van der Waals surface area contributed by atoms with E-state index in [-0.39, 0.29) is 0 Å². The molecule has 0 aliphatic carbocycles. The number of halogens is 1. The minimum atomic E-state index is 0.592. The van der Waals surface area contributed by atoms with Crippen LogP contribution in [-0.2, 0) is 0 Å². The summed E-state index contributed by atoms with van der Waals surface area (Å²) < 4.78 is 5.67. The predicted molar refractivity (Wildman–Crippen MR) is 108 cm³/mol. The SMILES string of the molecule is CCOc1ccc2c(c1)C(c1ccc(Cl)cc1)=NNC(c1cccnc1)=N2. The first-order chi connectivity index (χ1) is 13.2. The zero-order valence-corrected chi connectivity index (χ0v) is 15.4. The fourth-order valence-electron chi connectivity index (χ4n) is 2.83. The number of hydrogen-bond acceptors (Lipinski definition) is 5. The standard InChI is InChI=1S/C21H17ClN4O/c1-2-27-17-9-10-19-18(12-17)20(14-5-7-16(22)8-6-14)25-26-21(24-19)15-4-3-11-23-13-15/h3-13H,2H2,1H3,(H,24,26). The van der Waals surface area contributed by atoms with Crippen molar-refractivity contribution in [2.75, 3.05) is 6.61 Å². The van der Waals surface area contributed by atoms with Crippen molar-refractivity contribution in [3.63, 3.8) is 0 Å². The van der Waals surface area contributed by atoms with E-state index in [9.17, 15) is 0 Å². The molecular weight excluding hydrogens is 360 g/mol. The number of nitrogens with zero attached hydrogens (tertiary/aromatic N) is 3. The molecule has 6 heteroatoms. The highest BCUT2D eigenvalue weighted by atomic mass is 35.5. The van der Waals surface area contributed by atoms with Gasteiger partial charge in [0.1, 0.15) is 11.5 Å².